The molecule has 1 amide bonds. The van der Waals surface area contributed by atoms with Crippen LogP contribution in [0.15, 0.2) is 28.9 Å². The minimum absolute atomic E-state index is 0.122. The van der Waals surface area contributed by atoms with Crippen molar-refractivity contribution in [1.82, 2.24) is 9.97 Å². The molecule has 0 unspecified atom stereocenters. The minimum Gasteiger partial charge on any atom is -0.367 e. The van der Waals surface area contributed by atoms with E-state index >= 15 is 0 Å². The van der Waals surface area contributed by atoms with E-state index in [9.17, 15) is 4.79 Å². The summed E-state index contributed by atoms with van der Waals surface area (Å²) in [5.74, 6) is 0.208. The molecule has 1 aromatic carbocycles. The normalized spacial score (nSPS) is 13.8. The number of rotatable bonds is 4. The van der Waals surface area contributed by atoms with Gasteiger partial charge in [0.25, 0.3) is 5.91 Å². The van der Waals surface area contributed by atoms with Crippen LogP contribution in [-0.4, -0.2) is 21.9 Å². The molecule has 114 valence electrons. The first kappa shape index (κ1) is 15.2. The molecule has 0 atom stereocenters. The Balaban J connectivity index is 1.88. The fourth-order valence-corrected chi connectivity index (χ4v) is 2.73. The van der Waals surface area contributed by atoms with Gasteiger partial charge in [0.05, 0.1) is 5.69 Å². The number of para-hydroxylation sites is 1. The highest BCUT2D eigenvalue weighted by Crippen LogP contribution is 2.29. The van der Waals surface area contributed by atoms with Crippen molar-refractivity contribution in [3.8, 4) is 0 Å². The summed E-state index contributed by atoms with van der Waals surface area (Å²) >= 11 is 9.28. The number of carbonyl (C=O) groups is 1. The third-order valence-corrected chi connectivity index (χ3v) is 4.23. The van der Waals surface area contributed by atoms with E-state index in [1.54, 1.807) is 0 Å². The van der Waals surface area contributed by atoms with E-state index in [0.717, 1.165) is 28.6 Å². The number of carbonyl (C=O) groups excluding carboxylic acids is 1. The maximum absolute atomic E-state index is 12.6. The second-order valence-electron chi connectivity index (χ2n) is 5.21. The summed E-state index contributed by atoms with van der Waals surface area (Å²) in [7, 11) is 0. The third-order valence-electron chi connectivity index (χ3n) is 3.38. The smallest absolute Gasteiger partial charge is 0.261 e. The zero-order chi connectivity index (χ0) is 15.7. The molecule has 0 aliphatic heterocycles. The Kier molecular flexibility index (Phi) is 4.31. The monoisotopic (exact) mass is 380 g/mol. The highest BCUT2D eigenvalue weighted by molar-refractivity contribution is 9.10. The Bertz CT molecular complexity index is 713. The molecule has 22 heavy (non-hydrogen) atoms. The van der Waals surface area contributed by atoms with Crippen LogP contribution in [0.4, 0.5) is 11.5 Å². The van der Waals surface area contributed by atoms with Crippen molar-refractivity contribution < 1.29 is 4.79 Å². The minimum atomic E-state index is -0.269. The van der Waals surface area contributed by atoms with Crippen molar-refractivity contribution in [2.45, 2.75) is 25.8 Å². The van der Waals surface area contributed by atoms with E-state index in [1.165, 1.54) is 6.20 Å². The molecule has 5 nitrogen and oxygen atoms in total. The molecule has 0 radical (unpaired) electrons. The van der Waals surface area contributed by atoms with E-state index in [0.29, 0.717) is 17.4 Å². The number of amides is 1. The number of benzene rings is 1. The molecule has 1 saturated carbocycles. The molecule has 2 aromatic rings. The standard InChI is InChI=1S/C15H14BrClN4O/c1-8-3-2-4-11(16)12(8)20-14(22)10-7-18-15(17)21-13(10)19-9-5-6-9/h2-4,7,9H,5-6H2,1H3,(H,20,22)(H,18,19,21). The maximum atomic E-state index is 12.6. The summed E-state index contributed by atoms with van der Waals surface area (Å²) in [4.78, 5) is 20.6. The van der Waals surface area contributed by atoms with Gasteiger partial charge in [-0.3, -0.25) is 4.79 Å². The summed E-state index contributed by atoms with van der Waals surface area (Å²) in [6.07, 6.45) is 3.60. The molecule has 0 spiro atoms. The van der Waals surface area contributed by atoms with E-state index in [1.807, 2.05) is 25.1 Å². The molecular weight excluding hydrogens is 368 g/mol. The Morgan fingerprint density at radius 1 is 1.41 bits per heavy atom. The van der Waals surface area contributed by atoms with Gasteiger partial charge in [-0.2, -0.15) is 4.98 Å². The number of nitrogens with one attached hydrogen (secondary N) is 2. The van der Waals surface area contributed by atoms with Crippen molar-refractivity contribution in [3.05, 3.63) is 45.3 Å². The first-order chi connectivity index (χ1) is 10.5. The lowest BCUT2D eigenvalue weighted by atomic mass is 10.2. The van der Waals surface area contributed by atoms with Crippen LogP contribution in [0.2, 0.25) is 5.28 Å². The Hall–Kier alpha value is -1.66. The van der Waals surface area contributed by atoms with Crippen LogP contribution < -0.4 is 10.6 Å². The molecule has 0 bridgehead atoms. The summed E-state index contributed by atoms with van der Waals surface area (Å²) in [6, 6.07) is 6.09. The second kappa shape index (κ2) is 6.22. The molecule has 0 saturated heterocycles. The van der Waals surface area contributed by atoms with Gasteiger partial charge in [0.2, 0.25) is 5.28 Å². The van der Waals surface area contributed by atoms with Gasteiger partial charge >= 0.3 is 0 Å². The molecule has 1 aromatic heterocycles. The van der Waals surface area contributed by atoms with E-state index in [2.05, 4.69) is 36.5 Å². The zero-order valence-electron chi connectivity index (χ0n) is 11.9. The van der Waals surface area contributed by atoms with Gasteiger partial charge in [-0.05, 0) is 58.9 Å². The average Bonchev–Trinajstić information content (AvgIpc) is 3.27. The molecule has 1 aliphatic rings. The van der Waals surface area contributed by atoms with Gasteiger partial charge in [-0.25, -0.2) is 4.98 Å². The predicted molar refractivity (Wildman–Crippen MR) is 90.5 cm³/mol. The van der Waals surface area contributed by atoms with Crippen LogP contribution in [0.3, 0.4) is 0 Å². The van der Waals surface area contributed by atoms with Crippen LogP contribution in [0, 0.1) is 6.92 Å². The van der Waals surface area contributed by atoms with Crippen LogP contribution in [-0.2, 0) is 0 Å². The Labute approximate surface area is 141 Å². The highest BCUT2D eigenvalue weighted by Gasteiger charge is 2.25. The lowest BCUT2D eigenvalue weighted by Crippen LogP contribution is -2.18. The van der Waals surface area contributed by atoms with Crippen LogP contribution in [0.25, 0.3) is 0 Å². The molecule has 1 heterocycles. The third kappa shape index (κ3) is 3.39. The molecule has 2 N–H and O–H groups in total. The van der Waals surface area contributed by atoms with E-state index in [4.69, 9.17) is 11.6 Å². The molecule has 7 heteroatoms. The molecule has 1 aliphatic carbocycles. The first-order valence-electron chi connectivity index (χ1n) is 6.90. The number of aryl methyl sites for hydroxylation is 1. The van der Waals surface area contributed by atoms with E-state index in [-0.39, 0.29) is 11.2 Å². The van der Waals surface area contributed by atoms with Gasteiger partial charge in [-0.15, -0.1) is 0 Å². The van der Waals surface area contributed by atoms with Crippen LogP contribution in [0.1, 0.15) is 28.8 Å². The predicted octanol–water partition coefficient (Wildman–Crippen LogP) is 4.03. The number of nitrogens with zero attached hydrogens (tertiary/aromatic N) is 2. The SMILES string of the molecule is Cc1cccc(Br)c1NC(=O)c1cnc(Cl)nc1NC1CC1. The quantitative estimate of drug-likeness (QED) is 0.785. The Morgan fingerprint density at radius 2 is 2.18 bits per heavy atom. The number of halogens is 2. The fraction of sp³-hybridized carbons (Fsp3) is 0.267. The second-order valence-corrected chi connectivity index (χ2v) is 6.40. The largest absolute Gasteiger partial charge is 0.367 e. The zero-order valence-corrected chi connectivity index (χ0v) is 14.2. The summed E-state index contributed by atoms with van der Waals surface area (Å²) in [5, 5.41) is 6.23. The van der Waals surface area contributed by atoms with Crippen LogP contribution in [0.5, 0.6) is 0 Å². The number of anilines is 2. The topological polar surface area (TPSA) is 66.9 Å². The van der Waals surface area contributed by atoms with Gasteiger partial charge in [0.15, 0.2) is 0 Å². The van der Waals surface area contributed by atoms with Gasteiger partial charge < -0.3 is 10.6 Å². The summed E-state index contributed by atoms with van der Waals surface area (Å²) < 4.78 is 0.826. The average molecular weight is 382 g/mol. The van der Waals surface area contributed by atoms with Crippen molar-refractivity contribution in [1.29, 1.82) is 0 Å². The maximum Gasteiger partial charge on any atom is 0.261 e. The fourth-order valence-electron chi connectivity index (χ4n) is 2.03. The number of hydrogen-bond donors (Lipinski definition) is 2. The summed E-state index contributed by atoms with van der Waals surface area (Å²) in [5.41, 5.74) is 2.08. The lowest BCUT2D eigenvalue weighted by Gasteiger charge is -2.13. The Morgan fingerprint density at radius 3 is 2.86 bits per heavy atom. The lowest BCUT2D eigenvalue weighted by molar-refractivity contribution is 0.102. The van der Waals surface area contributed by atoms with E-state index < -0.39 is 0 Å². The van der Waals surface area contributed by atoms with Crippen molar-refractivity contribution in [2.24, 2.45) is 0 Å². The molecule has 3 rings (SSSR count). The summed E-state index contributed by atoms with van der Waals surface area (Å²) in [6.45, 7) is 1.93. The number of aromatic nitrogens is 2. The molecule has 1 fully saturated rings. The van der Waals surface area contributed by atoms with Crippen molar-refractivity contribution in [2.75, 3.05) is 10.6 Å². The first-order valence-corrected chi connectivity index (χ1v) is 8.07. The van der Waals surface area contributed by atoms with Gasteiger partial charge in [0, 0.05) is 16.7 Å². The number of hydrogen-bond acceptors (Lipinski definition) is 4. The van der Waals surface area contributed by atoms with Crippen LogP contribution >= 0.6 is 27.5 Å². The van der Waals surface area contributed by atoms with Gasteiger partial charge in [0.1, 0.15) is 11.4 Å². The van der Waals surface area contributed by atoms with Crippen molar-refractivity contribution >= 4 is 44.9 Å². The van der Waals surface area contributed by atoms with Crippen molar-refractivity contribution in [3.63, 3.8) is 0 Å². The molecular formula is C15H14BrClN4O. The highest BCUT2D eigenvalue weighted by atomic mass is 79.9. The van der Waals surface area contributed by atoms with Gasteiger partial charge in [-0.1, -0.05) is 12.1 Å².